The second-order valence-electron chi connectivity index (χ2n) is 6.18. The van der Waals surface area contributed by atoms with Crippen LogP contribution in [-0.2, 0) is 23.1 Å². The summed E-state index contributed by atoms with van der Waals surface area (Å²) >= 11 is 0. The highest BCUT2D eigenvalue weighted by Crippen LogP contribution is 2.30. The molecule has 0 atom stereocenters. The number of amides is 1. The van der Waals surface area contributed by atoms with Crippen LogP contribution in [-0.4, -0.2) is 54.0 Å². The Balaban J connectivity index is 2.69. The molecule has 8 heteroatoms. The summed E-state index contributed by atoms with van der Waals surface area (Å²) in [5.41, 5.74) is 3.04. The standard InChI is InChI=1S/C20H26N4O4/c1-6-7-16-19(14(2)23(3)22-16)21-20(24(13-26)10-11-25)15-8-9-17(27-4)18(12-15)28-5/h8-9,11-13H,6-7,10H2,1-5H3. The molecule has 0 fully saturated rings. The third-order valence-electron chi connectivity index (χ3n) is 4.39. The molecule has 0 radical (unpaired) electrons. The van der Waals surface area contributed by atoms with E-state index in [-0.39, 0.29) is 6.54 Å². The minimum atomic E-state index is -0.112. The van der Waals surface area contributed by atoms with Gasteiger partial charge in [-0.05, 0) is 31.5 Å². The van der Waals surface area contributed by atoms with Crippen molar-refractivity contribution in [1.82, 2.24) is 14.7 Å². The molecule has 28 heavy (non-hydrogen) atoms. The first-order valence-electron chi connectivity index (χ1n) is 8.99. The fourth-order valence-electron chi connectivity index (χ4n) is 2.85. The Hall–Kier alpha value is -3.16. The molecular weight excluding hydrogens is 360 g/mol. The number of rotatable bonds is 9. The minimum Gasteiger partial charge on any atom is -0.493 e. The Morgan fingerprint density at radius 2 is 1.96 bits per heavy atom. The van der Waals surface area contributed by atoms with E-state index in [1.807, 2.05) is 14.0 Å². The molecule has 0 aliphatic rings. The van der Waals surface area contributed by atoms with Gasteiger partial charge in [0, 0.05) is 12.6 Å². The molecule has 0 spiro atoms. The average Bonchev–Trinajstić information content (AvgIpc) is 2.97. The monoisotopic (exact) mass is 386 g/mol. The number of hydrogen-bond donors (Lipinski definition) is 0. The molecule has 1 heterocycles. The number of nitrogens with zero attached hydrogens (tertiary/aromatic N) is 4. The Morgan fingerprint density at radius 1 is 1.25 bits per heavy atom. The van der Waals surface area contributed by atoms with Crippen molar-refractivity contribution in [3.05, 3.63) is 35.2 Å². The van der Waals surface area contributed by atoms with Crippen molar-refractivity contribution in [2.24, 2.45) is 12.0 Å². The maximum Gasteiger partial charge on any atom is 0.215 e. The minimum absolute atomic E-state index is 0.112. The van der Waals surface area contributed by atoms with Crippen molar-refractivity contribution in [3.63, 3.8) is 0 Å². The zero-order valence-electron chi connectivity index (χ0n) is 16.9. The highest BCUT2D eigenvalue weighted by molar-refractivity contribution is 6.06. The van der Waals surface area contributed by atoms with Crippen molar-refractivity contribution in [2.75, 3.05) is 20.8 Å². The normalized spacial score (nSPS) is 11.2. The van der Waals surface area contributed by atoms with Gasteiger partial charge in [-0.3, -0.25) is 14.4 Å². The van der Waals surface area contributed by atoms with Crippen LogP contribution in [0.5, 0.6) is 11.5 Å². The molecule has 2 rings (SSSR count). The number of hydrogen-bond acceptors (Lipinski definition) is 6. The second-order valence-corrected chi connectivity index (χ2v) is 6.18. The van der Waals surface area contributed by atoms with Gasteiger partial charge >= 0.3 is 0 Å². The van der Waals surface area contributed by atoms with E-state index in [0.717, 1.165) is 24.2 Å². The quantitative estimate of drug-likeness (QED) is 0.375. The van der Waals surface area contributed by atoms with Crippen LogP contribution in [0.1, 0.15) is 30.3 Å². The molecule has 0 bridgehead atoms. The highest BCUT2D eigenvalue weighted by atomic mass is 16.5. The summed E-state index contributed by atoms with van der Waals surface area (Å²) in [6.45, 7) is 3.87. The largest absolute Gasteiger partial charge is 0.493 e. The van der Waals surface area contributed by atoms with Gasteiger partial charge in [0.1, 0.15) is 17.8 Å². The molecule has 0 aliphatic carbocycles. The number of ether oxygens (including phenoxy) is 2. The van der Waals surface area contributed by atoms with Crippen LogP contribution < -0.4 is 9.47 Å². The summed E-state index contributed by atoms with van der Waals surface area (Å²) in [5.74, 6) is 1.40. The van der Waals surface area contributed by atoms with Gasteiger partial charge in [-0.2, -0.15) is 5.10 Å². The molecular formula is C20H26N4O4. The molecule has 2 aromatic rings. The second kappa shape index (κ2) is 9.68. The van der Waals surface area contributed by atoms with Crippen LogP contribution in [0.25, 0.3) is 0 Å². The van der Waals surface area contributed by atoms with Gasteiger partial charge in [-0.15, -0.1) is 0 Å². The summed E-state index contributed by atoms with van der Waals surface area (Å²) in [7, 11) is 4.94. The third-order valence-corrected chi connectivity index (χ3v) is 4.39. The van der Waals surface area contributed by atoms with E-state index >= 15 is 0 Å². The molecule has 0 N–H and O–H groups in total. The van der Waals surface area contributed by atoms with E-state index in [1.54, 1.807) is 30.0 Å². The van der Waals surface area contributed by atoms with Crippen LogP contribution in [0.2, 0.25) is 0 Å². The fraction of sp³-hybridized carbons (Fsp3) is 0.400. The van der Waals surface area contributed by atoms with Gasteiger partial charge in [0.2, 0.25) is 6.41 Å². The predicted octanol–water partition coefficient (Wildman–Crippen LogP) is 2.43. The third kappa shape index (κ3) is 4.39. The van der Waals surface area contributed by atoms with Crippen molar-refractivity contribution in [1.29, 1.82) is 0 Å². The fourth-order valence-corrected chi connectivity index (χ4v) is 2.85. The van der Waals surface area contributed by atoms with Gasteiger partial charge < -0.3 is 14.3 Å². The SMILES string of the molecule is CCCc1nn(C)c(C)c1N=C(c1ccc(OC)c(OC)c1)N(C=O)CC=O. The number of benzene rings is 1. The molecule has 0 saturated heterocycles. The predicted molar refractivity (Wildman–Crippen MR) is 107 cm³/mol. The van der Waals surface area contributed by atoms with Crippen LogP contribution in [0, 0.1) is 6.92 Å². The van der Waals surface area contributed by atoms with E-state index in [9.17, 15) is 9.59 Å². The highest BCUT2D eigenvalue weighted by Gasteiger charge is 2.19. The van der Waals surface area contributed by atoms with Gasteiger partial charge in [0.25, 0.3) is 0 Å². The van der Waals surface area contributed by atoms with Gasteiger partial charge in [0.15, 0.2) is 11.5 Å². The van der Waals surface area contributed by atoms with E-state index in [1.165, 1.54) is 12.0 Å². The smallest absolute Gasteiger partial charge is 0.215 e. The van der Waals surface area contributed by atoms with Gasteiger partial charge in [-0.25, -0.2) is 4.99 Å². The van der Waals surface area contributed by atoms with E-state index < -0.39 is 0 Å². The molecule has 1 aromatic heterocycles. The number of aromatic nitrogens is 2. The molecule has 0 saturated carbocycles. The summed E-state index contributed by atoms with van der Waals surface area (Å²) < 4.78 is 12.4. The lowest BCUT2D eigenvalue weighted by atomic mass is 10.1. The van der Waals surface area contributed by atoms with E-state index in [0.29, 0.717) is 41.3 Å². The molecule has 1 aromatic carbocycles. The lowest BCUT2D eigenvalue weighted by molar-refractivity contribution is -0.118. The first kappa shape index (κ1) is 21.1. The Morgan fingerprint density at radius 3 is 2.54 bits per heavy atom. The maximum atomic E-state index is 11.7. The Labute approximate surface area is 164 Å². The van der Waals surface area contributed by atoms with Gasteiger partial charge in [-0.1, -0.05) is 13.3 Å². The number of aliphatic imine (C=N–C) groups is 1. The first-order chi connectivity index (χ1) is 13.5. The first-order valence-corrected chi connectivity index (χ1v) is 8.99. The maximum absolute atomic E-state index is 11.7. The van der Waals surface area contributed by atoms with Crippen LogP contribution in [0.4, 0.5) is 5.69 Å². The van der Waals surface area contributed by atoms with Crippen LogP contribution in [0.15, 0.2) is 23.2 Å². The lowest BCUT2D eigenvalue weighted by Crippen LogP contribution is -2.32. The summed E-state index contributed by atoms with van der Waals surface area (Å²) in [5, 5.41) is 4.53. The van der Waals surface area contributed by atoms with Crippen molar-refractivity contribution >= 4 is 24.2 Å². The van der Waals surface area contributed by atoms with Crippen molar-refractivity contribution in [3.8, 4) is 11.5 Å². The average molecular weight is 386 g/mol. The Kier molecular flexibility index (Phi) is 7.31. The topological polar surface area (TPSA) is 86.0 Å². The number of methoxy groups -OCH3 is 2. The zero-order valence-corrected chi connectivity index (χ0v) is 16.9. The summed E-state index contributed by atoms with van der Waals surface area (Å²) in [6, 6.07) is 5.23. The molecule has 1 amide bonds. The summed E-state index contributed by atoms with van der Waals surface area (Å²) in [4.78, 5) is 28.8. The van der Waals surface area contributed by atoms with Crippen molar-refractivity contribution in [2.45, 2.75) is 26.7 Å². The number of aldehydes is 1. The zero-order chi connectivity index (χ0) is 20.7. The molecule has 0 unspecified atom stereocenters. The van der Waals surface area contributed by atoms with E-state index in [2.05, 4.69) is 12.0 Å². The molecule has 0 aliphatic heterocycles. The number of aryl methyl sites for hydroxylation is 2. The Bertz CT molecular complexity index is 873. The number of carbonyl (C=O) groups excluding carboxylic acids is 2. The van der Waals surface area contributed by atoms with Crippen molar-refractivity contribution < 1.29 is 19.1 Å². The van der Waals surface area contributed by atoms with Crippen LogP contribution in [0.3, 0.4) is 0 Å². The molecule has 150 valence electrons. The van der Waals surface area contributed by atoms with Crippen LogP contribution >= 0.6 is 0 Å². The lowest BCUT2D eigenvalue weighted by Gasteiger charge is -2.19. The number of amidine groups is 1. The van der Waals surface area contributed by atoms with Gasteiger partial charge in [0.05, 0.1) is 32.2 Å². The van der Waals surface area contributed by atoms with E-state index in [4.69, 9.17) is 14.5 Å². The molecule has 8 nitrogen and oxygen atoms in total. The number of carbonyl (C=O) groups is 2. The summed E-state index contributed by atoms with van der Waals surface area (Å²) in [6.07, 6.45) is 2.92.